The number of aromatic amines is 1. The van der Waals surface area contributed by atoms with Crippen molar-refractivity contribution in [2.75, 3.05) is 5.43 Å². The van der Waals surface area contributed by atoms with Crippen LogP contribution in [0.25, 0.3) is 0 Å². The van der Waals surface area contributed by atoms with Gasteiger partial charge in [-0.15, -0.1) is 0 Å². The first-order valence-electron chi connectivity index (χ1n) is 3.52. The molecule has 1 atom stereocenters. The zero-order valence-corrected chi connectivity index (χ0v) is 7.18. The second kappa shape index (κ2) is 2.79. The predicted molar refractivity (Wildman–Crippen MR) is 46.6 cm³/mol. The Labute approximate surface area is 78.0 Å². The van der Waals surface area contributed by atoms with Crippen LogP contribution in [-0.2, 0) is 4.79 Å². The van der Waals surface area contributed by atoms with Crippen LogP contribution < -0.4 is 10.9 Å². The highest BCUT2D eigenvalue weighted by atomic mass is 32.1. The summed E-state index contributed by atoms with van der Waals surface area (Å²) < 4.78 is 0.319. The fraction of sp³-hybridized carbons (Fsp3) is 0.167. The maximum atomic E-state index is 10.7. The van der Waals surface area contributed by atoms with E-state index in [4.69, 9.17) is 17.3 Å². The molecule has 0 radical (unpaired) electrons. The van der Waals surface area contributed by atoms with Gasteiger partial charge in [0, 0.05) is 11.8 Å². The second-order valence-corrected chi connectivity index (χ2v) is 2.95. The molecule has 1 aromatic heterocycles. The molecule has 13 heavy (non-hydrogen) atoms. The lowest BCUT2D eigenvalue weighted by Crippen LogP contribution is -2.25. The van der Waals surface area contributed by atoms with Crippen LogP contribution in [0.3, 0.4) is 0 Å². The fourth-order valence-corrected chi connectivity index (χ4v) is 1.30. The Balaban J connectivity index is 2.49. The molecular weight excluding hydrogens is 192 g/mol. The van der Waals surface area contributed by atoms with Crippen molar-refractivity contribution in [1.82, 2.24) is 15.4 Å². The van der Waals surface area contributed by atoms with E-state index in [0.29, 0.717) is 16.2 Å². The third kappa shape index (κ3) is 1.27. The molecule has 0 aliphatic carbocycles. The highest BCUT2D eigenvalue weighted by molar-refractivity contribution is 7.71. The van der Waals surface area contributed by atoms with E-state index >= 15 is 0 Å². The van der Waals surface area contributed by atoms with Gasteiger partial charge in [-0.05, 0) is 12.2 Å². The number of H-pyrrole nitrogens is 1. The van der Waals surface area contributed by atoms with Crippen LogP contribution in [0.15, 0.2) is 6.20 Å². The van der Waals surface area contributed by atoms with E-state index in [1.54, 1.807) is 0 Å². The van der Waals surface area contributed by atoms with Crippen LogP contribution in [-0.4, -0.2) is 21.0 Å². The lowest BCUT2D eigenvalue weighted by atomic mass is 10.2. The van der Waals surface area contributed by atoms with Gasteiger partial charge in [0.25, 0.3) is 0 Å². The second-order valence-electron chi connectivity index (χ2n) is 2.56. The number of nitrogens with zero attached hydrogens (tertiary/aromatic N) is 1. The van der Waals surface area contributed by atoms with Gasteiger partial charge in [-0.2, -0.15) is 0 Å². The molecule has 0 saturated carbocycles. The Hall–Kier alpha value is -1.47. The monoisotopic (exact) mass is 198 g/mol. The van der Waals surface area contributed by atoms with E-state index < -0.39 is 12.0 Å². The number of fused-ring (bicyclic) bond motifs is 1. The maximum Gasteiger partial charge on any atom is 0.327 e. The van der Waals surface area contributed by atoms with Crippen LogP contribution in [0.5, 0.6) is 0 Å². The molecule has 0 fully saturated rings. The van der Waals surface area contributed by atoms with Gasteiger partial charge in [0.15, 0.2) is 10.8 Å². The number of hydrogen-bond acceptors (Lipinski definition) is 5. The van der Waals surface area contributed by atoms with Crippen molar-refractivity contribution < 1.29 is 9.90 Å². The van der Waals surface area contributed by atoms with Gasteiger partial charge in [-0.25, -0.2) is 10.4 Å². The van der Waals surface area contributed by atoms with Crippen molar-refractivity contribution in [3.05, 3.63) is 16.5 Å². The highest BCUT2D eigenvalue weighted by Gasteiger charge is 2.28. The SMILES string of the molecule is O=C(O)C1NNc2[nH]c(=S)ncc21. The first-order chi connectivity index (χ1) is 6.18. The number of hydrogen-bond donors (Lipinski definition) is 4. The molecule has 0 bridgehead atoms. The summed E-state index contributed by atoms with van der Waals surface area (Å²) in [6, 6.07) is -0.769. The fourth-order valence-electron chi connectivity index (χ4n) is 1.14. The molecule has 1 aliphatic heterocycles. The number of nitrogens with one attached hydrogen (secondary N) is 3. The molecule has 2 rings (SSSR count). The number of carbonyl (C=O) groups is 1. The number of hydrazine groups is 1. The topological polar surface area (TPSA) is 90.0 Å². The minimum Gasteiger partial charge on any atom is -0.480 e. The van der Waals surface area contributed by atoms with Crippen LogP contribution in [0, 0.1) is 4.77 Å². The van der Waals surface area contributed by atoms with Gasteiger partial charge in [0.05, 0.1) is 0 Å². The Morgan fingerprint density at radius 1 is 1.69 bits per heavy atom. The lowest BCUT2D eigenvalue weighted by molar-refractivity contribution is -0.139. The summed E-state index contributed by atoms with van der Waals surface area (Å²) in [6.07, 6.45) is 1.44. The quantitative estimate of drug-likeness (QED) is 0.482. The minimum atomic E-state index is -0.960. The highest BCUT2D eigenvalue weighted by Crippen LogP contribution is 2.24. The van der Waals surface area contributed by atoms with Crippen molar-refractivity contribution in [2.45, 2.75) is 6.04 Å². The first kappa shape index (κ1) is 8.14. The average Bonchev–Trinajstić information content (AvgIpc) is 2.46. The van der Waals surface area contributed by atoms with Crippen molar-refractivity contribution in [3.8, 4) is 0 Å². The smallest absolute Gasteiger partial charge is 0.327 e. The van der Waals surface area contributed by atoms with Gasteiger partial charge in [-0.3, -0.25) is 4.79 Å². The molecule has 0 amide bonds. The number of rotatable bonds is 1. The molecule has 0 spiro atoms. The summed E-state index contributed by atoms with van der Waals surface area (Å²) >= 11 is 4.78. The molecule has 1 aliphatic rings. The van der Waals surface area contributed by atoms with Crippen molar-refractivity contribution in [2.24, 2.45) is 0 Å². The molecular formula is C6H6N4O2S. The summed E-state index contributed by atoms with van der Waals surface area (Å²) in [4.78, 5) is 17.2. The lowest BCUT2D eigenvalue weighted by Gasteiger charge is -2.01. The van der Waals surface area contributed by atoms with Crippen molar-refractivity contribution in [3.63, 3.8) is 0 Å². The zero-order chi connectivity index (χ0) is 9.42. The Kier molecular flexibility index (Phi) is 1.74. The van der Waals surface area contributed by atoms with E-state index in [0.717, 1.165) is 0 Å². The molecule has 1 unspecified atom stereocenters. The summed E-state index contributed by atoms with van der Waals surface area (Å²) in [5.41, 5.74) is 5.82. The van der Waals surface area contributed by atoms with Crippen LogP contribution in [0.4, 0.5) is 5.82 Å². The predicted octanol–water partition coefficient (Wildman–Crippen LogP) is 0.195. The van der Waals surface area contributed by atoms with Gasteiger partial charge in [0.1, 0.15) is 5.82 Å². The molecule has 4 N–H and O–H groups in total. The zero-order valence-electron chi connectivity index (χ0n) is 6.37. The van der Waals surface area contributed by atoms with Gasteiger partial charge < -0.3 is 15.5 Å². The molecule has 0 aromatic carbocycles. The first-order valence-corrected chi connectivity index (χ1v) is 3.93. The summed E-state index contributed by atoms with van der Waals surface area (Å²) in [5.74, 6) is -0.397. The number of aromatic nitrogens is 2. The largest absolute Gasteiger partial charge is 0.480 e. The maximum absolute atomic E-state index is 10.7. The van der Waals surface area contributed by atoms with Crippen LogP contribution in [0.2, 0.25) is 0 Å². The minimum absolute atomic E-state index is 0.319. The molecule has 2 heterocycles. The normalized spacial score (nSPS) is 19.2. The van der Waals surface area contributed by atoms with Gasteiger partial charge in [-0.1, -0.05) is 0 Å². The van der Waals surface area contributed by atoms with Crippen molar-refractivity contribution in [1.29, 1.82) is 0 Å². The summed E-state index contributed by atoms with van der Waals surface area (Å²) in [7, 11) is 0. The molecule has 6 nitrogen and oxygen atoms in total. The summed E-state index contributed by atoms with van der Waals surface area (Å²) in [5, 5.41) is 8.76. The Morgan fingerprint density at radius 2 is 2.46 bits per heavy atom. The standard InChI is InChI=1S/C6H6N4O2S/c11-5(12)3-2-1-7-6(13)8-4(2)10-9-3/h1,3,9H,(H,11,12)(H2,7,8,10,13). The number of carboxylic acids is 1. The third-order valence-electron chi connectivity index (χ3n) is 1.74. The van der Waals surface area contributed by atoms with Gasteiger partial charge >= 0.3 is 5.97 Å². The van der Waals surface area contributed by atoms with E-state index in [1.807, 2.05) is 0 Å². The van der Waals surface area contributed by atoms with E-state index in [2.05, 4.69) is 20.8 Å². The van der Waals surface area contributed by atoms with Crippen LogP contribution in [0.1, 0.15) is 11.6 Å². The molecule has 0 saturated heterocycles. The Bertz CT molecular complexity index is 415. The molecule has 1 aromatic rings. The Morgan fingerprint density at radius 3 is 3.15 bits per heavy atom. The van der Waals surface area contributed by atoms with Gasteiger partial charge in [0.2, 0.25) is 0 Å². The third-order valence-corrected chi connectivity index (χ3v) is 1.95. The number of anilines is 1. The number of carboxylic acid groups (broad SMARTS) is 1. The van der Waals surface area contributed by atoms with E-state index in [1.165, 1.54) is 6.20 Å². The average molecular weight is 198 g/mol. The van der Waals surface area contributed by atoms with Crippen molar-refractivity contribution >= 4 is 24.0 Å². The summed E-state index contributed by atoms with van der Waals surface area (Å²) in [6.45, 7) is 0. The van der Waals surface area contributed by atoms with Crippen LogP contribution >= 0.6 is 12.2 Å². The molecule has 7 heteroatoms. The van der Waals surface area contributed by atoms with E-state index in [-0.39, 0.29) is 0 Å². The molecule has 68 valence electrons. The van der Waals surface area contributed by atoms with E-state index in [9.17, 15) is 4.79 Å². The number of aliphatic carboxylic acids is 1.